The Hall–Kier alpha value is -1.10. The Morgan fingerprint density at radius 1 is 1.33 bits per heavy atom. The van der Waals surface area contributed by atoms with Gasteiger partial charge in [0.25, 0.3) is 0 Å². The molecule has 5 nitrogen and oxygen atoms in total. The second-order valence-corrected chi connectivity index (χ2v) is 5.34. The van der Waals surface area contributed by atoms with Gasteiger partial charge in [-0.1, -0.05) is 6.92 Å². The highest BCUT2D eigenvalue weighted by molar-refractivity contribution is 5.85. The predicted octanol–water partition coefficient (Wildman–Crippen LogP) is 1.27. The molecule has 0 spiro atoms. The van der Waals surface area contributed by atoms with Crippen LogP contribution in [0.25, 0.3) is 0 Å². The van der Waals surface area contributed by atoms with Gasteiger partial charge in [0.05, 0.1) is 24.5 Å². The predicted molar refractivity (Wildman–Crippen MR) is 67.1 cm³/mol. The Labute approximate surface area is 108 Å². The molecule has 104 valence electrons. The number of hydrogen-bond donors (Lipinski definition) is 2. The number of amides is 1. The van der Waals surface area contributed by atoms with Crippen molar-refractivity contribution >= 4 is 11.9 Å². The van der Waals surface area contributed by atoms with Crippen LogP contribution in [-0.4, -0.2) is 36.2 Å². The number of ether oxygens (including phenoxy) is 1. The number of nitrogens with one attached hydrogen (secondary N) is 1. The monoisotopic (exact) mass is 257 g/mol. The lowest BCUT2D eigenvalue weighted by Gasteiger charge is -2.16. The molecule has 0 aromatic carbocycles. The molecular formula is C13H23NO4. The molecule has 1 aliphatic carbocycles. The van der Waals surface area contributed by atoms with E-state index in [1.807, 2.05) is 20.8 Å². The van der Waals surface area contributed by atoms with E-state index in [0.29, 0.717) is 31.9 Å². The van der Waals surface area contributed by atoms with E-state index in [1.165, 1.54) is 0 Å². The van der Waals surface area contributed by atoms with Crippen LogP contribution in [0.15, 0.2) is 0 Å². The minimum absolute atomic E-state index is 0.139. The van der Waals surface area contributed by atoms with Gasteiger partial charge in [0.1, 0.15) is 0 Å². The Kier molecular flexibility index (Phi) is 5.59. The summed E-state index contributed by atoms with van der Waals surface area (Å²) in [5.74, 6) is -1.65. The van der Waals surface area contributed by atoms with Gasteiger partial charge in [0, 0.05) is 6.54 Å². The van der Waals surface area contributed by atoms with Crippen LogP contribution in [0.5, 0.6) is 0 Å². The lowest BCUT2D eigenvalue weighted by atomic mass is 9.95. The fraction of sp³-hybridized carbons (Fsp3) is 0.846. The summed E-state index contributed by atoms with van der Waals surface area (Å²) in [6.45, 7) is 6.75. The molecule has 1 amide bonds. The summed E-state index contributed by atoms with van der Waals surface area (Å²) in [5.41, 5.74) is 0. The highest BCUT2D eigenvalue weighted by Crippen LogP contribution is 2.36. The lowest BCUT2D eigenvalue weighted by Crippen LogP contribution is -2.37. The van der Waals surface area contributed by atoms with E-state index in [1.54, 1.807) is 0 Å². The van der Waals surface area contributed by atoms with Crippen LogP contribution < -0.4 is 5.32 Å². The summed E-state index contributed by atoms with van der Waals surface area (Å²) >= 11 is 0. The molecule has 0 radical (unpaired) electrons. The van der Waals surface area contributed by atoms with Crippen molar-refractivity contribution in [3.63, 3.8) is 0 Å². The van der Waals surface area contributed by atoms with E-state index in [4.69, 9.17) is 9.84 Å². The van der Waals surface area contributed by atoms with Crippen LogP contribution in [0.1, 0.15) is 33.6 Å². The van der Waals surface area contributed by atoms with Gasteiger partial charge < -0.3 is 15.2 Å². The molecule has 2 N–H and O–H groups in total. The van der Waals surface area contributed by atoms with Crippen LogP contribution in [0.4, 0.5) is 0 Å². The highest BCUT2D eigenvalue weighted by atomic mass is 16.5. The van der Waals surface area contributed by atoms with Gasteiger partial charge in [-0.25, -0.2) is 0 Å². The van der Waals surface area contributed by atoms with Crippen molar-refractivity contribution in [1.82, 2.24) is 5.32 Å². The van der Waals surface area contributed by atoms with Crippen molar-refractivity contribution in [2.24, 2.45) is 17.8 Å². The van der Waals surface area contributed by atoms with E-state index < -0.39 is 17.8 Å². The van der Waals surface area contributed by atoms with Crippen molar-refractivity contribution < 1.29 is 19.4 Å². The number of carboxylic acid groups (broad SMARTS) is 1. The van der Waals surface area contributed by atoms with Crippen LogP contribution in [0.3, 0.4) is 0 Å². The quantitative estimate of drug-likeness (QED) is 0.703. The highest BCUT2D eigenvalue weighted by Gasteiger charge is 2.40. The van der Waals surface area contributed by atoms with Gasteiger partial charge in [0.2, 0.25) is 5.91 Å². The number of carboxylic acids is 1. The second-order valence-electron chi connectivity index (χ2n) is 5.34. The van der Waals surface area contributed by atoms with Gasteiger partial charge in [-0.15, -0.1) is 0 Å². The second kappa shape index (κ2) is 6.73. The summed E-state index contributed by atoms with van der Waals surface area (Å²) < 4.78 is 5.32. The van der Waals surface area contributed by atoms with Gasteiger partial charge >= 0.3 is 5.97 Å². The number of carbonyl (C=O) groups excluding carboxylic acids is 1. The zero-order valence-electron chi connectivity index (χ0n) is 11.3. The van der Waals surface area contributed by atoms with Crippen LogP contribution >= 0.6 is 0 Å². The van der Waals surface area contributed by atoms with Crippen molar-refractivity contribution in [2.45, 2.75) is 39.7 Å². The van der Waals surface area contributed by atoms with Gasteiger partial charge in [0.15, 0.2) is 0 Å². The zero-order chi connectivity index (χ0) is 13.7. The number of aliphatic carboxylic acids is 1. The molecule has 18 heavy (non-hydrogen) atoms. The Balaban J connectivity index is 2.38. The van der Waals surface area contributed by atoms with Crippen molar-refractivity contribution in [2.75, 3.05) is 13.2 Å². The molecule has 0 aromatic heterocycles. The van der Waals surface area contributed by atoms with E-state index in [9.17, 15) is 9.59 Å². The molecule has 0 bridgehead atoms. The van der Waals surface area contributed by atoms with Crippen molar-refractivity contribution in [1.29, 1.82) is 0 Å². The lowest BCUT2D eigenvalue weighted by molar-refractivity contribution is -0.146. The van der Waals surface area contributed by atoms with Gasteiger partial charge in [-0.2, -0.15) is 0 Å². The van der Waals surface area contributed by atoms with Crippen LogP contribution in [0.2, 0.25) is 0 Å². The maximum absolute atomic E-state index is 11.9. The maximum atomic E-state index is 11.9. The molecule has 3 atom stereocenters. The largest absolute Gasteiger partial charge is 0.481 e. The molecular weight excluding hydrogens is 234 g/mol. The Morgan fingerprint density at radius 2 is 1.94 bits per heavy atom. The maximum Gasteiger partial charge on any atom is 0.307 e. The molecule has 5 heteroatoms. The molecule has 0 saturated heterocycles. The van der Waals surface area contributed by atoms with E-state index in [2.05, 4.69) is 5.32 Å². The summed E-state index contributed by atoms with van der Waals surface area (Å²) in [5, 5.41) is 11.8. The van der Waals surface area contributed by atoms with E-state index >= 15 is 0 Å². The first-order chi connectivity index (χ1) is 8.41. The molecule has 1 saturated carbocycles. The first kappa shape index (κ1) is 15.0. The van der Waals surface area contributed by atoms with Crippen molar-refractivity contribution in [3.8, 4) is 0 Å². The first-order valence-electron chi connectivity index (χ1n) is 6.54. The summed E-state index contributed by atoms with van der Waals surface area (Å²) in [6, 6.07) is 0. The number of rotatable bonds is 6. The van der Waals surface area contributed by atoms with Gasteiger partial charge in [-0.05, 0) is 32.6 Å². The summed E-state index contributed by atoms with van der Waals surface area (Å²) in [4.78, 5) is 23.0. The average Bonchev–Trinajstić information content (AvgIpc) is 2.66. The fourth-order valence-corrected chi connectivity index (χ4v) is 2.45. The summed E-state index contributed by atoms with van der Waals surface area (Å²) in [7, 11) is 0. The molecule has 1 rings (SSSR count). The minimum Gasteiger partial charge on any atom is -0.481 e. The van der Waals surface area contributed by atoms with Crippen LogP contribution in [-0.2, 0) is 14.3 Å². The normalized spacial score (nSPS) is 27.4. The number of hydrogen-bond acceptors (Lipinski definition) is 3. The smallest absolute Gasteiger partial charge is 0.307 e. The first-order valence-corrected chi connectivity index (χ1v) is 6.54. The fourth-order valence-electron chi connectivity index (χ4n) is 2.45. The third kappa shape index (κ3) is 4.29. The minimum atomic E-state index is -0.863. The molecule has 0 aliphatic heterocycles. The number of carbonyl (C=O) groups is 2. The van der Waals surface area contributed by atoms with Gasteiger partial charge in [-0.3, -0.25) is 9.59 Å². The standard InChI is InChI=1S/C13H23NO4/c1-8(2)18-5-4-14-12(15)10-6-9(3)7-11(10)13(16)17/h8-11H,4-7H2,1-3H3,(H,14,15)(H,16,17). The third-order valence-electron chi connectivity index (χ3n) is 3.30. The molecule has 1 fully saturated rings. The average molecular weight is 257 g/mol. The molecule has 3 unspecified atom stereocenters. The Bertz CT molecular complexity index is 303. The molecule has 0 aromatic rings. The van der Waals surface area contributed by atoms with Crippen LogP contribution in [0, 0.1) is 17.8 Å². The molecule has 1 aliphatic rings. The zero-order valence-corrected chi connectivity index (χ0v) is 11.3. The topological polar surface area (TPSA) is 75.6 Å². The summed E-state index contributed by atoms with van der Waals surface area (Å²) in [6.07, 6.45) is 1.39. The SMILES string of the molecule is CC1CC(C(=O)O)C(C(=O)NCCOC(C)C)C1. The van der Waals surface area contributed by atoms with E-state index in [-0.39, 0.29) is 12.0 Å². The Morgan fingerprint density at radius 3 is 2.50 bits per heavy atom. The third-order valence-corrected chi connectivity index (χ3v) is 3.30. The molecule has 0 heterocycles. The van der Waals surface area contributed by atoms with Crippen molar-refractivity contribution in [3.05, 3.63) is 0 Å². The van der Waals surface area contributed by atoms with E-state index in [0.717, 1.165) is 0 Å².